The fourth-order valence-electron chi connectivity index (χ4n) is 5.10. The predicted molar refractivity (Wildman–Crippen MR) is 159 cm³/mol. The number of hydrogen-bond acceptors (Lipinski definition) is 9. The highest BCUT2D eigenvalue weighted by Crippen LogP contribution is 2.28. The van der Waals surface area contributed by atoms with E-state index < -0.39 is 59.8 Å². The van der Waals surface area contributed by atoms with Crippen LogP contribution in [0.3, 0.4) is 0 Å². The Labute approximate surface area is 247 Å². The number of nitrogens with two attached hydrogens (primary N) is 1. The zero-order valence-corrected chi connectivity index (χ0v) is 25.2. The lowest BCUT2D eigenvalue weighted by atomic mass is 9.79. The second-order valence-corrected chi connectivity index (χ2v) is 10.7. The average Bonchev–Trinajstić information content (AvgIpc) is 2.94. The van der Waals surface area contributed by atoms with Gasteiger partial charge in [0.25, 0.3) is 5.91 Å². The fraction of sp³-hybridized carbons (Fsp3) is 0.516. The molecule has 230 valence electrons. The first-order chi connectivity index (χ1) is 19.8. The highest BCUT2D eigenvalue weighted by atomic mass is 16.6. The van der Waals surface area contributed by atoms with Gasteiger partial charge in [-0.3, -0.25) is 19.4 Å². The topological polar surface area (TPSA) is 167 Å². The van der Waals surface area contributed by atoms with Crippen molar-refractivity contribution in [1.29, 1.82) is 0 Å². The van der Waals surface area contributed by atoms with E-state index in [1.54, 1.807) is 39.0 Å². The number of fused-ring (bicyclic) bond motifs is 2. The molecule has 0 aromatic carbocycles. The number of ether oxygens (including phenoxy) is 3. The lowest BCUT2D eigenvalue weighted by Gasteiger charge is -2.30. The SMILES string of the molecule is C=CCN=C1C(=O)C=C2NC(=O)/C(C)=C/C=C\[C@H](OC)[C@@H](OC(N)=O)C(C)=C[C@H](C)[C@@H](O)[C@@H](OC)C[C@H](C)CC1C2=O. The van der Waals surface area contributed by atoms with Crippen LogP contribution in [0, 0.1) is 17.8 Å². The van der Waals surface area contributed by atoms with Crippen LogP contribution in [0.5, 0.6) is 0 Å². The highest BCUT2D eigenvalue weighted by Gasteiger charge is 2.38. The molecule has 0 fully saturated rings. The van der Waals surface area contributed by atoms with Crippen molar-refractivity contribution in [2.24, 2.45) is 28.5 Å². The summed E-state index contributed by atoms with van der Waals surface area (Å²) in [4.78, 5) is 55.6. The van der Waals surface area contributed by atoms with Crippen molar-refractivity contribution in [2.45, 2.75) is 65.0 Å². The molecule has 1 aliphatic heterocycles. The number of ketones is 2. The summed E-state index contributed by atoms with van der Waals surface area (Å²) in [5, 5.41) is 13.8. The monoisotopic (exact) mass is 585 g/mol. The molecule has 2 aliphatic rings. The van der Waals surface area contributed by atoms with Crippen molar-refractivity contribution < 1.29 is 38.5 Å². The van der Waals surface area contributed by atoms with E-state index in [0.717, 1.165) is 6.08 Å². The molecule has 0 spiro atoms. The minimum absolute atomic E-state index is 0.110. The molecule has 1 heterocycles. The molecular weight excluding hydrogens is 542 g/mol. The summed E-state index contributed by atoms with van der Waals surface area (Å²) in [7, 11) is 2.92. The number of aliphatic hydroxyl groups excluding tert-OH is 1. The summed E-state index contributed by atoms with van der Waals surface area (Å²) in [6.45, 7) is 10.8. The van der Waals surface area contributed by atoms with Crippen LogP contribution in [0.2, 0.25) is 0 Å². The third-order valence-corrected chi connectivity index (χ3v) is 7.37. The molecule has 0 saturated carbocycles. The van der Waals surface area contributed by atoms with Gasteiger partial charge in [0.2, 0.25) is 5.78 Å². The molecule has 2 amide bonds. The summed E-state index contributed by atoms with van der Waals surface area (Å²) < 4.78 is 16.6. The van der Waals surface area contributed by atoms with Gasteiger partial charge in [0.15, 0.2) is 11.9 Å². The summed E-state index contributed by atoms with van der Waals surface area (Å²) in [5.41, 5.74) is 6.17. The van der Waals surface area contributed by atoms with Crippen molar-refractivity contribution in [2.75, 3.05) is 20.8 Å². The van der Waals surface area contributed by atoms with Crippen molar-refractivity contribution in [3.05, 3.63) is 59.9 Å². The van der Waals surface area contributed by atoms with Crippen LogP contribution in [0.1, 0.15) is 40.5 Å². The number of aliphatic imine (C=N–C) groups is 1. The Hall–Kier alpha value is -3.67. The van der Waals surface area contributed by atoms with Gasteiger partial charge in [0.1, 0.15) is 6.10 Å². The molecule has 2 bridgehead atoms. The first kappa shape index (κ1) is 34.5. The smallest absolute Gasteiger partial charge is 0.405 e. The first-order valence-electron chi connectivity index (χ1n) is 13.8. The average molecular weight is 586 g/mol. The summed E-state index contributed by atoms with van der Waals surface area (Å²) in [6.07, 6.45) is 5.35. The van der Waals surface area contributed by atoms with Gasteiger partial charge in [-0.2, -0.15) is 0 Å². The molecule has 0 radical (unpaired) electrons. The van der Waals surface area contributed by atoms with Crippen LogP contribution in [0.25, 0.3) is 0 Å². The Morgan fingerprint density at radius 3 is 2.48 bits per heavy atom. The molecular formula is C31H43N3O8. The second kappa shape index (κ2) is 16.1. The van der Waals surface area contributed by atoms with Gasteiger partial charge in [0, 0.05) is 31.8 Å². The highest BCUT2D eigenvalue weighted by molar-refractivity contribution is 6.51. The molecule has 0 saturated heterocycles. The summed E-state index contributed by atoms with van der Waals surface area (Å²) in [6, 6.07) is 0. The molecule has 11 nitrogen and oxygen atoms in total. The second-order valence-electron chi connectivity index (χ2n) is 10.7. The minimum Gasteiger partial charge on any atom is -0.439 e. The van der Waals surface area contributed by atoms with E-state index >= 15 is 0 Å². The number of methoxy groups -OCH3 is 2. The predicted octanol–water partition coefficient (Wildman–Crippen LogP) is 2.75. The molecule has 1 unspecified atom stereocenters. The molecule has 0 aromatic rings. The van der Waals surface area contributed by atoms with Crippen LogP contribution < -0.4 is 11.1 Å². The van der Waals surface area contributed by atoms with E-state index in [1.807, 2.05) is 6.92 Å². The fourth-order valence-corrected chi connectivity index (χ4v) is 5.10. The number of rotatable bonds is 5. The Morgan fingerprint density at radius 1 is 1.19 bits per heavy atom. The molecule has 4 N–H and O–H groups in total. The van der Waals surface area contributed by atoms with Gasteiger partial charge in [0.05, 0.1) is 36.1 Å². The van der Waals surface area contributed by atoms with Crippen LogP contribution >= 0.6 is 0 Å². The summed E-state index contributed by atoms with van der Waals surface area (Å²) >= 11 is 0. The maximum Gasteiger partial charge on any atom is 0.405 e. The largest absolute Gasteiger partial charge is 0.439 e. The Bertz CT molecular complexity index is 1200. The van der Waals surface area contributed by atoms with Crippen LogP contribution in [0.4, 0.5) is 4.79 Å². The molecule has 0 aromatic heterocycles. The van der Waals surface area contributed by atoms with Crippen molar-refractivity contribution in [3.63, 3.8) is 0 Å². The molecule has 11 heteroatoms. The zero-order valence-electron chi connectivity index (χ0n) is 25.2. The maximum atomic E-state index is 13.6. The number of allylic oxidation sites excluding steroid dienone is 4. The number of nitrogens with one attached hydrogen (secondary N) is 1. The van der Waals surface area contributed by atoms with Gasteiger partial charge in [-0.05, 0) is 38.2 Å². The number of hydrogen-bond donors (Lipinski definition) is 3. The van der Waals surface area contributed by atoms with Crippen molar-refractivity contribution >= 4 is 29.3 Å². The molecule has 42 heavy (non-hydrogen) atoms. The van der Waals surface area contributed by atoms with Gasteiger partial charge >= 0.3 is 6.09 Å². The van der Waals surface area contributed by atoms with E-state index in [1.165, 1.54) is 26.4 Å². The van der Waals surface area contributed by atoms with Crippen molar-refractivity contribution in [3.8, 4) is 0 Å². The van der Waals surface area contributed by atoms with Crippen LogP contribution in [-0.2, 0) is 28.6 Å². The number of Topliss-reactive ketones (excluding diaryl/α,β-unsaturated/α-hetero) is 1. The van der Waals surface area contributed by atoms with E-state index in [4.69, 9.17) is 19.9 Å². The number of carbonyl (C=O) groups is 4. The Balaban J connectivity index is 2.62. The molecule has 2 rings (SSSR count). The zero-order chi connectivity index (χ0) is 31.6. The number of carbonyl (C=O) groups excluding carboxylic acids is 4. The standard InChI is InChI=1S/C31H43N3O8/c1-8-12-33-26-21-13-17(2)14-25(41-7)27(36)19(4)15-20(5)29(42-31(32)39)24(40-6)11-9-10-18(3)30(38)34-22(28(21)37)16-23(26)35/h8-11,15-17,19,21,24-25,27,29,36H,1,12-14H2,2-7H3,(H2,32,39)(H,34,38)/b11-9-,18-10+,20-15?,33-26?/t17-,19+,21?,24+,25+,27-,29+/m1/s1. The number of primary amides is 1. The number of nitrogens with zero attached hydrogens (tertiary/aromatic N) is 1. The number of amides is 2. The van der Waals surface area contributed by atoms with E-state index in [9.17, 15) is 24.3 Å². The van der Waals surface area contributed by atoms with Gasteiger partial charge in [-0.1, -0.05) is 44.2 Å². The minimum atomic E-state index is -1.00. The van der Waals surface area contributed by atoms with E-state index in [0.29, 0.717) is 12.0 Å². The quantitative estimate of drug-likeness (QED) is 0.414. The van der Waals surface area contributed by atoms with Crippen LogP contribution in [-0.4, -0.2) is 79.6 Å². The lowest BCUT2D eigenvalue weighted by Crippen LogP contribution is -2.42. The summed E-state index contributed by atoms with van der Waals surface area (Å²) in [5.74, 6) is -2.98. The van der Waals surface area contributed by atoms with Crippen LogP contribution in [0.15, 0.2) is 64.9 Å². The Morgan fingerprint density at radius 2 is 1.88 bits per heavy atom. The van der Waals surface area contributed by atoms with Gasteiger partial charge < -0.3 is 30.4 Å². The third-order valence-electron chi connectivity index (χ3n) is 7.37. The van der Waals surface area contributed by atoms with Crippen molar-refractivity contribution in [1.82, 2.24) is 5.32 Å². The third kappa shape index (κ3) is 9.17. The maximum absolute atomic E-state index is 13.6. The normalized spacial score (nSPS) is 33.1. The molecule has 1 aliphatic carbocycles. The lowest BCUT2D eigenvalue weighted by molar-refractivity contribution is -0.123. The first-order valence-corrected chi connectivity index (χ1v) is 13.8. The van der Waals surface area contributed by atoms with E-state index in [-0.39, 0.29) is 35.9 Å². The molecule has 7 atom stereocenters. The Kier molecular flexibility index (Phi) is 13.2. The van der Waals surface area contributed by atoms with E-state index in [2.05, 4.69) is 16.9 Å². The number of aliphatic hydroxyl groups is 1. The van der Waals surface area contributed by atoms with Gasteiger partial charge in [-0.25, -0.2) is 4.79 Å². The van der Waals surface area contributed by atoms with Gasteiger partial charge in [-0.15, -0.1) is 6.58 Å².